The fraction of sp³-hybridized carbons (Fsp3) is 0.562. The Morgan fingerprint density at radius 2 is 2.24 bits per heavy atom. The molecule has 1 heterocycles. The van der Waals surface area contributed by atoms with Crippen LogP contribution in [0.2, 0.25) is 0 Å². The highest BCUT2D eigenvalue weighted by Crippen LogP contribution is 2.23. The van der Waals surface area contributed by atoms with Crippen LogP contribution in [-0.2, 0) is 11.3 Å². The van der Waals surface area contributed by atoms with Crippen molar-refractivity contribution in [3.05, 3.63) is 29.8 Å². The van der Waals surface area contributed by atoms with E-state index in [9.17, 15) is 9.90 Å². The maximum atomic E-state index is 11.3. The van der Waals surface area contributed by atoms with Crippen LogP contribution in [0.3, 0.4) is 0 Å². The van der Waals surface area contributed by atoms with Gasteiger partial charge in [0.2, 0.25) is 0 Å². The lowest BCUT2D eigenvalue weighted by molar-refractivity contribution is -0.144. The van der Waals surface area contributed by atoms with Crippen molar-refractivity contribution < 1.29 is 14.6 Å². The van der Waals surface area contributed by atoms with Gasteiger partial charge in [0, 0.05) is 18.7 Å². The molecule has 1 aromatic rings. The van der Waals surface area contributed by atoms with Gasteiger partial charge in [-0.15, -0.1) is 0 Å². The molecule has 1 atom stereocenters. The second-order valence-corrected chi connectivity index (χ2v) is 5.72. The lowest BCUT2D eigenvalue weighted by Crippen LogP contribution is -2.47. The van der Waals surface area contributed by atoms with Gasteiger partial charge in [0.05, 0.1) is 0 Å². The molecule has 2 rings (SSSR count). The molecule has 1 unspecified atom stereocenters. The third kappa shape index (κ3) is 3.95. The molecule has 0 spiro atoms. The maximum Gasteiger partial charge on any atom is 0.323 e. The van der Waals surface area contributed by atoms with Gasteiger partial charge in [-0.3, -0.25) is 9.69 Å². The normalized spacial score (nSPS) is 18.2. The number of nitrogens with zero attached hydrogens (tertiary/aromatic N) is 1. The number of carboxylic acids is 1. The van der Waals surface area contributed by atoms with Gasteiger partial charge in [0.25, 0.3) is 0 Å². The number of hydrogen-bond donors (Lipinski definition) is 2. The maximum absolute atomic E-state index is 11.3. The first-order chi connectivity index (χ1) is 10.0. The molecule has 0 amide bonds. The number of fused-ring (bicyclic) bond motifs is 1. The molecule has 0 fully saturated rings. The number of para-hydroxylation sites is 1. The van der Waals surface area contributed by atoms with E-state index in [4.69, 9.17) is 4.74 Å². The van der Waals surface area contributed by atoms with Gasteiger partial charge in [-0.2, -0.15) is 0 Å². The van der Waals surface area contributed by atoms with Crippen LogP contribution >= 0.6 is 0 Å². The molecule has 0 aliphatic carbocycles. The van der Waals surface area contributed by atoms with Crippen LogP contribution in [0.4, 0.5) is 0 Å². The Hall–Kier alpha value is -1.59. The Morgan fingerprint density at radius 3 is 2.95 bits per heavy atom. The summed E-state index contributed by atoms with van der Waals surface area (Å²) in [6.07, 6.45) is 1.45. The molecule has 116 valence electrons. The third-order valence-electron chi connectivity index (χ3n) is 4.21. The number of nitrogens with one attached hydrogen (secondary N) is 1. The van der Waals surface area contributed by atoms with Crippen molar-refractivity contribution in [1.82, 2.24) is 10.2 Å². The summed E-state index contributed by atoms with van der Waals surface area (Å²) in [6, 6.07) is 8.10. The van der Waals surface area contributed by atoms with E-state index in [0.717, 1.165) is 31.8 Å². The van der Waals surface area contributed by atoms with Crippen LogP contribution in [0.25, 0.3) is 0 Å². The summed E-state index contributed by atoms with van der Waals surface area (Å²) in [6.45, 7) is 5.02. The minimum absolute atomic E-state index is 0.609. The van der Waals surface area contributed by atoms with Crippen molar-refractivity contribution in [2.45, 2.75) is 31.8 Å². The number of benzene rings is 1. The molecule has 21 heavy (non-hydrogen) atoms. The number of carboxylic acid groups (broad SMARTS) is 1. The van der Waals surface area contributed by atoms with Crippen molar-refractivity contribution in [2.24, 2.45) is 0 Å². The van der Waals surface area contributed by atoms with Gasteiger partial charge in [-0.05, 0) is 39.4 Å². The molecule has 1 aromatic carbocycles. The number of hydrogen-bond acceptors (Lipinski definition) is 4. The summed E-state index contributed by atoms with van der Waals surface area (Å²) in [7, 11) is 1.70. The van der Waals surface area contributed by atoms with Gasteiger partial charge in [0.15, 0.2) is 0 Å². The largest absolute Gasteiger partial charge is 0.492 e. The monoisotopic (exact) mass is 292 g/mol. The lowest BCUT2D eigenvalue weighted by atomic mass is 9.96. The van der Waals surface area contributed by atoms with Crippen LogP contribution in [0.5, 0.6) is 5.75 Å². The Labute approximate surface area is 125 Å². The first-order valence-electron chi connectivity index (χ1n) is 7.40. The van der Waals surface area contributed by atoms with E-state index in [1.165, 1.54) is 5.56 Å². The minimum atomic E-state index is -0.847. The van der Waals surface area contributed by atoms with Crippen molar-refractivity contribution in [1.29, 1.82) is 0 Å². The van der Waals surface area contributed by atoms with Crippen molar-refractivity contribution >= 4 is 5.97 Å². The van der Waals surface area contributed by atoms with E-state index in [1.807, 2.05) is 18.2 Å². The Morgan fingerprint density at radius 1 is 1.48 bits per heavy atom. The second kappa shape index (κ2) is 6.91. The van der Waals surface area contributed by atoms with E-state index >= 15 is 0 Å². The molecule has 0 aromatic heterocycles. The molecule has 0 saturated heterocycles. The first-order valence-corrected chi connectivity index (χ1v) is 7.40. The fourth-order valence-corrected chi connectivity index (χ4v) is 2.57. The van der Waals surface area contributed by atoms with Crippen LogP contribution < -0.4 is 10.1 Å². The number of likely N-dealkylation sites (N-methyl/N-ethyl adjacent to an activating group) is 1. The first kappa shape index (κ1) is 15.8. The Bertz CT molecular complexity index is 492. The van der Waals surface area contributed by atoms with Gasteiger partial charge in [-0.1, -0.05) is 18.2 Å². The topological polar surface area (TPSA) is 61.8 Å². The quantitative estimate of drug-likeness (QED) is 0.836. The average molecular weight is 292 g/mol. The summed E-state index contributed by atoms with van der Waals surface area (Å²) in [5, 5.41) is 12.1. The zero-order chi connectivity index (χ0) is 15.3. The lowest BCUT2D eigenvalue weighted by Gasteiger charge is -2.26. The summed E-state index contributed by atoms with van der Waals surface area (Å²) in [5.41, 5.74) is 0.352. The van der Waals surface area contributed by atoms with E-state index in [-0.39, 0.29) is 0 Å². The molecule has 2 N–H and O–H groups in total. The van der Waals surface area contributed by atoms with Crippen LogP contribution in [-0.4, -0.2) is 48.3 Å². The highest BCUT2D eigenvalue weighted by atomic mass is 16.5. The Kier molecular flexibility index (Phi) is 5.20. The summed E-state index contributed by atoms with van der Waals surface area (Å²) >= 11 is 0. The predicted molar refractivity (Wildman–Crippen MR) is 81.5 cm³/mol. The molecule has 0 radical (unpaired) electrons. The average Bonchev–Trinajstić information content (AvgIpc) is 2.68. The molecule has 5 nitrogen and oxygen atoms in total. The van der Waals surface area contributed by atoms with Gasteiger partial charge < -0.3 is 15.2 Å². The molecule has 1 aliphatic heterocycles. The number of rotatable bonds is 6. The van der Waals surface area contributed by atoms with Crippen molar-refractivity contribution in [2.75, 3.05) is 26.7 Å². The van der Waals surface area contributed by atoms with Crippen molar-refractivity contribution in [3.63, 3.8) is 0 Å². The number of aliphatic carboxylic acids is 1. The van der Waals surface area contributed by atoms with Gasteiger partial charge in [-0.25, -0.2) is 0 Å². The smallest absolute Gasteiger partial charge is 0.323 e. The fourth-order valence-electron chi connectivity index (χ4n) is 2.57. The van der Waals surface area contributed by atoms with Crippen LogP contribution in [0.15, 0.2) is 24.3 Å². The summed E-state index contributed by atoms with van der Waals surface area (Å²) in [5.74, 6) is 0.167. The summed E-state index contributed by atoms with van der Waals surface area (Å²) < 4.78 is 5.74. The number of ether oxygens (including phenoxy) is 1. The molecule has 0 bridgehead atoms. The zero-order valence-corrected chi connectivity index (χ0v) is 12.8. The molecule has 1 aliphatic rings. The van der Waals surface area contributed by atoms with Gasteiger partial charge >= 0.3 is 5.97 Å². The molecule has 0 saturated carbocycles. The predicted octanol–water partition coefficient (Wildman–Crippen LogP) is 1.72. The minimum Gasteiger partial charge on any atom is -0.492 e. The molecular formula is C16H24N2O3. The molecular weight excluding hydrogens is 268 g/mol. The highest BCUT2D eigenvalue weighted by molar-refractivity contribution is 5.78. The second-order valence-electron chi connectivity index (χ2n) is 5.72. The van der Waals surface area contributed by atoms with E-state index in [2.05, 4.69) is 16.3 Å². The highest BCUT2D eigenvalue weighted by Gasteiger charge is 2.30. The Balaban J connectivity index is 1.88. The zero-order valence-electron chi connectivity index (χ0n) is 12.8. The van der Waals surface area contributed by atoms with Crippen LogP contribution in [0.1, 0.15) is 25.3 Å². The van der Waals surface area contributed by atoms with Crippen molar-refractivity contribution in [3.8, 4) is 5.75 Å². The number of carbonyl (C=O) groups is 1. The summed E-state index contributed by atoms with van der Waals surface area (Å²) in [4.78, 5) is 13.6. The van der Waals surface area contributed by atoms with Gasteiger partial charge in [0.1, 0.15) is 17.9 Å². The van der Waals surface area contributed by atoms with E-state index < -0.39 is 11.5 Å². The standard InChI is InChI=1S/C16H24N2O3/c1-16(17-2,15(19)20)8-5-9-18-10-11-21-14-7-4-3-6-13(14)12-18/h3-4,6-7,17H,5,8-12H2,1-2H3,(H,19,20). The molecule has 5 heteroatoms. The third-order valence-corrected chi connectivity index (χ3v) is 4.21. The van der Waals surface area contributed by atoms with E-state index in [1.54, 1.807) is 14.0 Å². The van der Waals surface area contributed by atoms with E-state index in [0.29, 0.717) is 13.0 Å². The SMILES string of the molecule is CNC(C)(CCCN1CCOc2ccccc2C1)C(=O)O. The van der Waals surface area contributed by atoms with Crippen LogP contribution in [0, 0.1) is 0 Å².